The third-order valence-electron chi connectivity index (χ3n) is 5.63. The summed E-state index contributed by atoms with van der Waals surface area (Å²) < 4.78 is 5.90. The number of halogens is 2. The van der Waals surface area contributed by atoms with Gasteiger partial charge in [-0.2, -0.15) is 0 Å². The molecule has 5 heteroatoms. The molecule has 1 heterocycles. The number of likely N-dealkylation sites (N-methyl/N-ethyl adjacent to an activating group) is 1. The monoisotopic (exact) mass is 623 g/mol. The molecule has 0 saturated heterocycles. The van der Waals surface area contributed by atoms with Crippen LogP contribution in [0.3, 0.4) is 0 Å². The van der Waals surface area contributed by atoms with Gasteiger partial charge in [0.15, 0.2) is 0 Å². The maximum atomic E-state index is 4.06. The van der Waals surface area contributed by atoms with Crippen LogP contribution in [0.1, 0.15) is 44.0 Å². The average Bonchev–Trinajstić information content (AvgIpc) is 2.81. The van der Waals surface area contributed by atoms with Crippen molar-refractivity contribution < 1.29 is 57.0 Å². The van der Waals surface area contributed by atoms with Crippen LogP contribution in [0.4, 0.5) is 0 Å². The van der Waals surface area contributed by atoms with Crippen LogP contribution in [0.2, 0.25) is 0 Å². The number of hydrogen-bond donors (Lipinski definition) is 0. The minimum atomic E-state index is 0. The summed E-state index contributed by atoms with van der Waals surface area (Å²) >= 11 is 0. The molecule has 1 aromatic carbocycles. The van der Waals surface area contributed by atoms with Crippen LogP contribution >= 0.6 is 0 Å². The van der Waals surface area contributed by atoms with Gasteiger partial charge >= 0.3 is 0 Å². The second-order valence-electron chi connectivity index (χ2n) is 8.76. The fraction of sp³-hybridized carbons (Fsp3) is 0.542. The van der Waals surface area contributed by atoms with Crippen molar-refractivity contribution in [2.24, 2.45) is 7.05 Å². The lowest BCUT2D eigenvalue weighted by Gasteiger charge is -2.30. The van der Waals surface area contributed by atoms with Gasteiger partial charge in [-0.1, -0.05) is 24.8 Å². The summed E-state index contributed by atoms with van der Waals surface area (Å²) in [6, 6.07) is 10.8. The van der Waals surface area contributed by atoms with Gasteiger partial charge in [0.2, 0.25) is 0 Å². The molecule has 3 nitrogen and oxygen atoms in total. The van der Waals surface area contributed by atoms with E-state index in [2.05, 4.69) is 88.0 Å². The van der Waals surface area contributed by atoms with E-state index in [1.54, 1.807) is 0 Å². The molecule has 2 rings (SSSR count). The van der Waals surface area contributed by atoms with Crippen molar-refractivity contribution in [1.29, 1.82) is 0 Å². The van der Waals surface area contributed by atoms with Crippen molar-refractivity contribution in [3.05, 3.63) is 53.9 Å². The largest absolute Gasteiger partial charge is 1.00 e. The summed E-state index contributed by atoms with van der Waals surface area (Å²) in [5.74, 6) is 1.32. The molecule has 0 bridgehead atoms. The molecular formula is C24H39I2N3. The highest BCUT2D eigenvalue weighted by atomic mass is 127. The van der Waals surface area contributed by atoms with Gasteiger partial charge in [-0.3, -0.25) is 0 Å². The van der Waals surface area contributed by atoms with Gasteiger partial charge in [0, 0.05) is 13.8 Å². The molecule has 0 unspecified atom stereocenters. The quantitative estimate of drug-likeness (QED) is 0.104. The van der Waals surface area contributed by atoms with Crippen LogP contribution in [-0.4, -0.2) is 36.2 Å². The second-order valence-corrected chi connectivity index (χ2v) is 8.76. The van der Waals surface area contributed by atoms with Crippen LogP contribution in [0.25, 0.3) is 11.4 Å². The lowest BCUT2D eigenvalue weighted by Crippen LogP contribution is -3.00. The zero-order chi connectivity index (χ0) is 20.0. The van der Waals surface area contributed by atoms with Gasteiger partial charge < -0.3 is 52.4 Å². The van der Waals surface area contributed by atoms with E-state index in [1.807, 2.05) is 0 Å². The van der Waals surface area contributed by atoms with Crippen LogP contribution in [0.5, 0.6) is 0 Å². The second kappa shape index (κ2) is 13.1. The van der Waals surface area contributed by atoms with Gasteiger partial charge in [0.1, 0.15) is 11.4 Å². The van der Waals surface area contributed by atoms with E-state index in [4.69, 9.17) is 0 Å². The number of benzene rings is 1. The third-order valence-corrected chi connectivity index (χ3v) is 5.63. The smallest absolute Gasteiger partial charge is 0.289 e. The van der Waals surface area contributed by atoms with Crippen LogP contribution in [0, 0.1) is 13.8 Å². The number of imidazole rings is 1. The molecule has 0 radical (unpaired) electrons. The Kier molecular flexibility index (Phi) is 12.9. The number of unbranched alkanes of at least 4 members (excludes halogenated alkanes) is 3. The van der Waals surface area contributed by atoms with Crippen molar-refractivity contribution in [3.63, 3.8) is 0 Å². The Bertz CT molecular complexity index is 764. The Morgan fingerprint density at radius 2 is 1.59 bits per heavy atom. The normalized spacial score (nSPS) is 11.0. The standard InChI is InChI=1S/C24H39N3.2HI/c1-20(2)19-27(6,7)18-14-9-8-13-17-26-22(4)21(3)25(5)24(26)23-15-11-10-12-16-23;;/h10-12,15-16H,1,8-9,13-14,17-19H2,2-7H3;2*1H/q+2;;/p-2. The van der Waals surface area contributed by atoms with E-state index < -0.39 is 0 Å². The fourth-order valence-electron chi connectivity index (χ4n) is 4.12. The van der Waals surface area contributed by atoms with Crippen molar-refractivity contribution >= 4 is 0 Å². The molecule has 0 N–H and O–H groups in total. The van der Waals surface area contributed by atoms with Crippen LogP contribution < -0.4 is 52.5 Å². The first-order valence-electron chi connectivity index (χ1n) is 10.3. The van der Waals surface area contributed by atoms with E-state index in [1.165, 1.54) is 60.6 Å². The van der Waals surface area contributed by atoms with Crippen molar-refractivity contribution in [1.82, 2.24) is 4.57 Å². The number of hydrogen-bond acceptors (Lipinski definition) is 0. The van der Waals surface area contributed by atoms with Crippen LogP contribution in [0.15, 0.2) is 42.5 Å². The number of aromatic nitrogens is 2. The SMILES string of the molecule is C=C(C)C[N+](C)(C)CCCCCCn1c(C)c(C)[n+](C)c1-c1ccccc1.[I-].[I-]. The fourth-order valence-corrected chi connectivity index (χ4v) is 4.12. The van der Waals surface area contributed by atoms with Crippen molar-refractivity contribution in [2.45, 2.75) is 53.0 Å². The van der Waals surface area contributed by atoms with Gasteiger partial charge in [-0.25, -0.2) is 9.13 Å². The number of rotatable bonds is 10. The molecule has 0 aliphatic carbocycles. The molecule has 29 heavy (non-hydrogen) atoms. The Hall–Kier alpha value is -0.410. The zero-order valence-electron chi connectivity index (χ0n) is 19.1. The molecule has 0 aliphatic heterocycles. The summed E-state index contributed by atoms with van der Waals surface area (Å²) in [4.78, 5) is 0. The summed E-state index contributed by atoms with van der Waals surface area (Å²) in [6.45, 7) is 14.1. The molecule has 0 aliphatic rings. The van der Waals surface area contributed by atoms with E-state index in [0.717, 1.165) is 17.6 Å². The predicted molar refractivity (Wildman–Crippen MR) is 116 cm³/mol. The topological polar surface area (TPSA) is 8.81 Å². The predicted octanol–water partition coefficient (Wildman–Crippen LogP) is -1.18. The molecule has 0 atom stereocenters. The maximum absolute atomic E-state index is 4.06. The Labute approximate surface area is 212 Å². The van der Waals surface area contributed by atoms with Gasteiger partial charge in [-0.05, 0) is 50.3 Å². The minimum absolute atomic E-state index is 0. The molecule has 0 spiro atoms. The Balaban J connectivity index is 0.00000392. The van der Waals surface area contributed by atoms with Gasteiger partial charge in [0.05, 0.1) is 46.3 Å². The molecule has 0 amide bonds. The van der Waals surface area contributed by atoms with Crippen molar-refractivity contribution in [3.8, 4) is 11.4 Å². The first-order valence-corrected chi connectivity index (χ1v) is 10.3. The van der Waals surface area contributed by atoms with E-state index in [-0.39, 0.29) is 48.0 Å². The summed E-state index contributed by atoms with van der Waals surface area (Å²) in [7, 11) is 6.81. The Morgan fingerprint density at radius 1 is 1.00 bits per heavy atom. The summed E-state index contributed by atoms with van der Waals surface area (Å²) in [6.07, 6.45) is 5.14. The summed E-state index contributed by atoms with van der Waals surface area (Å²) in [5, 5.41) is 0. The van der Waals surface area contributed by atoms with Crippen molar-refractivity contribution in [2.75, 3.05) is 27.2 Å². The van der Waals surface area contributed by atoms with Gasteiger partial charge in [0.25, 0.3) is 5.82 Å². The van der Waals surface area contributed by atoms with Crippen LogP contribution in [-0.2, 0) is 13.6 Å². The molecule has 1 aromatic heterocycles. The number of nitrogens with zero attached hydrogens (tertiary/aromatic N) is 3. The molecular weight excluding hydrogens is 584 g/mol. The van der Waals surface area contributed by atoms with E-state index in [9.17, 15) is 0 Å². The maximum Gasteiger partial charge on any atom is 0.289 e. The highest BCUT2D eigenvalue weighted by Gasteiger charge is 2.24. The highest BCUT2D eigenvalue weighted by Crippen LogP contribution is 2.21. The molecule has 0 saturated carbocycles. The lowest BCUT2D eigenvalue weighted by atomic mass is 10.1. The van der Waals surface area contributed by atoms with E-state index in [0.29, 0.717) is 0 Å². The summed E-state index contributed by atoms with van der Waals surface area (Å²) in [5.41, 5.74) is 5.32. The molecule has 2 aromatic rings. The minimum Gasteiger partial charge on any atom is -1.00 e. The molecule has 164 valence electrons. The third kappa shape index (κ3) is 8.32. The first kappa shape index (κ1) is 28.6. The van der Waals surface area contributed by atoms with E-state index >= 15 is 0 Å². The zero-order valence-corrected chi connectivity index (χ0v) is 23.5. The Morgan fingerprint density at radius 3 is 2.17 bits per heavy atom. The first-order chi connectivity index (χ1) is 12.7. The average molecular weight is 623 g/mol. The lowest BCUT2D eigenvalue weighted by molar-refractivity contribution is -0.885. The molecule has 0 fully saturated rings. The number of quaternary nitrogens is 1. The van der Waals surface area contributed by atoms with Gasteiger partial charge in [-0.15, -0.1) is 0 Å². The highest BCUT2D eigenvalue weighted by molar-refractivity contribution is 5.53.